The molecule has 1 aromatic rings. The van der Waals surface area contributed by atoms with Gasteiger partial charge >= 0.3 is 0 Å². The number of rotatable bonds is 3. The number of nitrogens with two attached hydrogens (primary N) is 1. The van der Waals surface area contributed by atoms with Crippen molar-refractivity contribution >= 4 is 22.9 Å². The van der Waals surface area contributed by atoms with E-state index < -0.39 is 0 Å². The molecule has 76 valence electrons. The van der Waals surface area contributed by atoms with Gasteiger partial charge in [0.1, 0.15) is 4.99 Å². The molecule has 0 aliphatic rings. The first-order valence-corrected chi connectivity index (χ1v) is 5.21. The zero-order valence-electron chi connectivity index (χ0n) is 8.58. The Morgan fingerprint density at radius 1 is 1.50 bits per heavy atom. The molecule has 3 N–H and O–H groups in total. The van der Waals surface area contributed by atoms with E-state index in [-0.39, 0.29) is 0 Å². The van der Waals surface area contributed by atoms with Gasteiger partial charge in [0.2, 0.25) is 0 Å². The van der Waals surface area contributed by atoms with Crippen LogP contribution in [0.4, 0.5) is 5.69 Å². The highest BCUT2D eigenvalue weighted by atomic mass is 32.1. The van der Waals surface area contributed by atoms with E-state index in [1.807, 2.05) is 24.3 Å². The number of hydrogen-bond acceptors (Lipinski definition) is 2. The van der Waals surface area contributed by atoms with Crippen LogP contribution in [-0.2, 0) is 0 Å². The Labute approximate surface area is 90.5 Å². The van der Waals surface area contributed by atoms with E-state index in [2.05, 4.69) is 19.2 Å². The van der Waals surface area contributed by atoms with Crippen molar-refractivity contribution in [2.24, 2.45) is 0 Å². The minimum Gasteiger partial charge on any atom is -0.398 e. The van der Waals surface area contributed by atoms with Crippen LogP contribution >= 0.6 is 12.2 Å². The minimum atomic E-state index is 0.391. The van der Waals surface area contributed by atoms with Crippen molar-refractivity contribution in [1.29, 1.82) is 0 Å². The third-order valence-electron chi connectivity index (χ3n) is 2.20. The van der Waals surface area contributed by atoms with Crippen molar-refractivity contribution in [2.45, 2.75) is 26.3 Å². The standard InChI is InChI=1S/C11H16N2S/c1-3-8(2)13-11(14)9-6-4-5-7-10(9)12/h4-8H,3,12H2,1-2H3,(H,13,14). The Kier molecular flexibility index (Phi) is 3.89. The third kappa shape index (κ3) is 2.70. The molecular formula is C11H16N2S. The number of thiocarbonyl (C=S) groups is 1. The van der Waals surface area contributed by atoms with Crippen LogP contribution in [0.25, 0.3) is 0 Å². The Morgan fingerprint density at radius 2 is 2.14 bits per heavy atom. The number of benzene rings is 1. The van der Waals surface area contributed by atoms with E-state index in [1.54, 1.807) is 0 Å². The molecular weight excluding hydrogens is 192 g/mol. The summed E-state index contributed by atoms with van der Waals surface area (Å²) in [5, 5.41) is 3.24. The van der Waals surface area contributed by atoms with Gasteiger partial charge in [0.15, 0.2) is 0 Å². The van der Waals surface area contributed by atoms with Gasteiger partial charge in [-0.05, 0) is 25.5 Å². The van der Waals surface area contributed by atoms with Crippen LogP contribution in [0.1, 0.15) is 25.8 Å². The summed E-state index contributed by atoms with van der Waals surface area (Å²) in [4.78, 5) is 0.734. The van der Waals surface area contributed by atoms with Gasteiger partial charge in [0, 0.05) is 17.3 Å². The third-order valence-corrected chi connectivity index (χ3v) is 2.53. The summed E-state index contributed by atoms with van der Waals surface area (Å²) in [6, 6.07) is 8.04. The number of nitrogens with one attached hydrogen (secondary N) is 1. The van der Waals surface area contributed by atoms with Gasteiger partial charge in [0.05, 0.1) is 0 Å². The van der Waals surface area contributed by atoms with Crippen LogP contribution < -0.4 is 11.1 Å². The second kappa shape index (κ2) is 4.96. The van der Waals surface area contributed by atoms with Crippen molar-refractivity contribution < 1.29 is 0 Å². The summed E-state index contributed by atoms with van der Waals surface area (Å²) in [7, 11) is 0. The highest BCUT2D eigenvalue weighted by molar-refractivity contribution is 7.80. The average Bonchev–Trinajstić information content (AvgIpc) is 2.18. The zero-order chi connectivity index (χ0) is 10.6. The molecule has 1 rings (SSSR count). The van der Waals surface area contributed by atoms with Crippen LogP contribution in [0, 0.1) is 0 Å². The molecule has 0 saturated carbocycles. The van der Waals surface area contributed by atoms with E-state index in [1.165, 1.54) is 0 Å². The summed E-state index contributed by atoms with van der Waals surface area (Å²) in [6.45, 7) is 4.22. The van der Waals surface area contributed by atoms with Crippen LogP contribution in [0.3, 0.4) is 0 Å². The van der Waals surface area contributed by atoms with Crippen molar-refractivity contribution in [2.75, 3.05) is 5.73 Å². The highest BCUT2D eigenvalue weighted by Crippen LogP contribution is 2.11. The fraction of sp³-hybridized carbons (Fsp3) is 0.364. The lowest BCUT2D eigenvalue weighted by Gasteiger charge is -2.14. The second-order valence-electron chi connectivity index (χ2n) is 3.37. The Morgan fingerprint density at radius 3 is 2.71 bits per heavy atom. The summed E-state index contributed by atoms with van der Waals surface area (Å²) >= 11 is 5.26. The summed E-state index contributed by atoms with van der Waals surface area (Å²) in [5.41, 5.74) is 7.46. The summed E-state index contributed by atoms with van der Waals surface area (Å²) in [6.07, 6.45) is 1.05. The van der Waals surface area contributed by atoms with E-state index in [4.69, 9.17) is 18.0 Å². The lowest BCUT2D eigenvalue weighted by atomic mass is 10.1. The predicted octanol–water partition coefficient (Wildman–Crippen LogP) is 2.33. The maximum atomic E-state index is 5.81. The second-order valence-corrected chi connectivity index (χ2v) is 3.78. The van der Waals surface area contributed by atoms with Crippen molar-refractivity contribution in [1.82, 2.24) is 5.32 Å². The van der Waals surface area contributed by atoms with Gasteiger partial charge in [-0.3, -0.25) is 0 Å². The molecule has 1 aromatic carbocycles. The number of para-hydroxylation sites is 1. The molecule has 0 aliphatic heterocycles. The Bertz CT molecular complexity index is 323. The van der Waals surface area contributed by atoms with Gasteiger partial charge in [-0.2, -0.15) is 0 Å². The van der Waals surface area contributed by atoms with Crippen LogP contribution in [0.5, 0.6) is 0 Å². The van der Waals surface area contributed by atoms with Gasteiger partial charge < -0.3 is 11.1 Å². The summed E-state index contributed by atoms with van der Waals surface area (Å²) < 4.78 is 0. The maximum absolute atomic E-state index is 5.81. The molecule has 1 unspecified atom stereocenters. The molecule has 0 bridgehead atoms. The molecule has 0 aromatic heterocycles. The topological polar surface area (TPSA) is 38.0 Å². The predicted molar refractivity (Wildman–Crippen MR) is 65.4 cm³/mol. The Hall–Kier alpha value is -1.09. The fourth-order valence-electron chi connectivity index (χ4n) is 1.11. The minimum absolute atomic E-state index is 0.391. The zero-order valence-corrected chi connectivity index (χ0v) is 9.40. The van der Waals surface area contributed by atoms with Crippen molar-refractivity contribution in [3.8, 4) is 0 Å². The smallest absolute Gasteiger partial charge is 0.108 e. The first-order chi connectivity index (χ1) is 6.65. The molecule has 0 heterocycles. The quantitative estimate of drug-likeness (QED) is 0.591. The number of anilines is 1. The summed E-state index contributed by atoms with van der Waals surface area (Å²) in [5.74, 6) is 0. The number of nitrogen functional groups attached to an aromatic ring is 1. The van der Waals surface area contributed by atoms with Crippen molar-refractivity contribution in [3.05, 3.63) is 29.8 Å². The lowest BCUT2D eigenvalue weighted by molar-refractivity contribution is 0.647. The van der Waals surface area contributed by atoms with Crippen LogP contribution in [0.2, 0.25) is 0 Å². The van der Waals surface area contributed by atoms with E-state index >= 15 is 0 Å². The first-order valence-electron chi connectivity index (χ1n) is 4.80. The van der Waals surface area contributed by atoms with Crippen LogP contribution in [0.15, 0.2) is 24.3 Å². The molecule has 0 aliphatic carbocycles. The molecule has 0 fully saturated rings. The molecule has 0 saturated heterocycles. The van der Waals surface area contributed by atoms with E-state index in [0.29, 0.717) is 6.04 Å². The van der Waals surface area contributed by atoms with E-state index in [0.717, 1.165) is 22.7 Å². The largest absolute Gasteiger partial charge is 0.398 e. The molecule has 1 atom stereocenters. The monoisotopic (exact) mass is 208 g/mol. The normalized spacial score (nSPS) is 12.1. The highest BCUT2D eigenvalue weighted by Gasteiger charge is 2.06. The molecule has 0 spiro atoms. The first kappa shape index (κ1) is 11.0. The average molecular weight is 208 g/mol. The maximum Gasteiger partial charge on any atom is 0.108 e. The molecule has 0 amide bonds. The lowest BCUT2D eigenvalue weighted by Crippen LogP contribution is -2.31. The SMILES string of the molecule is CCC(C)NC(=S)c1ccccc1N. The van der Waals surface area contributed by atoms with Gasteiger partial charge in [-0.15, -0.1) is 0 Å². The van der Waals surface area contributed by atoms with Crippen LogP contribution in [-0.4, -0.2) is 11.0 Å². The molecule has 0 radical (unpaired) electrons. The van der Waals surface area contributed by atoms with Gasteiger partial charge in [0.25, 0.3) is 0 Å². The molecule has 2 nitrogen and oxygen atoms in total. The number of hydrogen-bond donors (Lipinski definition) is 2. The van der Waals surface area contributed by atoms with Gasteiger partial charge in [-0.1, -0.05) is 31.3 Å². The van der Waals surface area contributed by atoms with Crippen molar-refractivity contribution in [3.63, 3.8) is 0 Å². The molecule has 14 heavy (non-hydrogen) atoms. The molecule has 3 heteroatoms. The fourth-order valence-corrected chi connectivity index (χ4v) is 1.49. The van der Waals surface area contributed by atoms with Gasteiger partial charge in [-0.25, -0.2) is 0 Å². The Balaban J connectivity index is 2.75. The van der Waals surface area contributed by atoms with E-state index in [9.17, 15) is 0 Å².